The zero-order chi connectivity index (χ0) is 7.15. The molecule has 2 nitrogen and oxygen atoms in total. The molecule has 0 saturated heterocycles. The average Bonchev–Trinajstić information content (AvgIpc) is 1.72. The van der Waals surface area contributed by atoms with E-state index >= 15 is 0 Å². The van der Waals surface area contributed by atoms with Crippen molar-refractivity contribution in [2.45, 2.75) is 14.4 Å². The first-order valence-electron chi connectivity index (χ1n) is 1.93. The Hall–Kier alpha value is -1.23. The average molecular weight is 127 g/mol. The highest BCUT2D eigenvalue weighted by atomic mass is 16.1. The van der Waals surface area contributed by atoms with Gasteiger partial charge in [0.15, 0.2) is 0 Å². The molecule has 0 rings (SSSR count). The van der Waals surface area contributed by atoms with E-state index in [1.54, 1.807) is 6.92 Å². The zero-order valence-electron chi connectivity index (χ0n) is 4.85. The Balaban J connectivity index is -0.000000109. The highest BCUT2D eigenvalue weighted by Gasteiger charge is 1.86. The molecular formula is C7H13NO. The summed E-state index contributed by atoms with van der Waals surface area (Å²) in [6.45, 7) is 4.85. The van der Waals surface area contributed by atoms with E-state index < -0.39 is 5.91 Å². The van der Waals surface area contributed by atoms with Gasteiger partial charge in [0.2, 0.25) is 5.91 Å². The van der Waals surface area contributed by atoms with Gasteiger partial charge in [0.1, 0.15) is 0 Å². The molecule has 2 heteroatoms. The van der Waals surface area contributed by atoms with Crippen LogP contribution in [0.3, 0.4) is 0 Å². The Morgan fingerprint density at radius 2 is 1.67 bits per heavy atom. The first-order chi connectivity index (χ1) is 3.64. The highest BCUT2D eigenvalue weighted by Crippen LogP contribution is 1.78. The number of rotatable bonds is 1. The molecule has 0 fully saturated rings. The van der Waals surface area contributed by atoms with Crippen LogP contribution in [0, 0.1) is 12.8 Å². The molecule has 0 saturated carbocycles. The molecular weight excluding hydrogens is 114 g/mol. The van der Waals surface area contributed by atoms with Gasteiger partial charge in [0, 0.05) is 5.57 Å². The fraction of sp³-hybridized carbons (Fsp3) is 0.286. The van der Waals surface area contributed by atoms with Gasteiger partial charge < -0.3 is 5.73 Å². The third-order valence-corrected chi connectivity index (χ3v) is 0.421. The van der Waals surface area contributed by atoms with Crippen LogP contribution in [0.1, 0.15) is 14.4 Å². The summed E-state index contributed by atoms with van der Waals surface area (Å²) in [5, 5.41) is 0. The van der Waals surface area contributed by atoms with Crippen molar-refractivity contribution in [1.29, 1.82) is 0 Å². The predicted octanol–water partition coefficient (Wildman–Crippen LogP) is 0.933. The number of nitrogens with two attached hydrogens (primary N) is 1. The zero-order valence-corrected chi connectivity index (χ0v) is 4.85. The van der Waals surface area contributed by atoms with Gasteiger partial charge in [0.25, 0.3) is 0 Å². The lowest BCUT2D eigenvalue weighted by atomic mass is 10.3. The molecule has 1 amide bonds. The summed E-state index contributed by atoms with van der Waals surface area (Å²) in [6, 6.07) is 0. The first-order valence-corrected chi connectivity index (χ1v) is 1.93. The van der Waals surface area contributed by atoms with Crippen LogP contribution in [0.2, 0.25) is 0 Å². The number of carbonyl (C=O) groups is 1. The van der Waals surface area contributed by atoms with Gasteiger partial charge >= 0.3 is 0 Å². The Morgan fingerprint density at radius 1 is 1.56 bits per heavy atom. The SMILES string of the molecule is C.C#C.C=C(C)C(N)=O. The van der Waals surface area contributed by atoms with Crippen molar-refractivity contribution in [3.63, 3.8) is 0 Å². The molecule has 9 heavy (non-hydrogen) atoms. The summed E-state index contributed by atoms with van der Waals surface area (Å²) in [4.78, 5) is 9.82. The summed E-state index contributed by atoms with van der Waals surface area (Å²) in [7, 11) is 0. The number of hydrogen-bond donors (Lipinski definition) is 1. The van der Waals surface area contributed by atoms with Crippen LogP contribution in [0.4, 0.5) is 0 Å². The van der Waals surface area contributed by atoms with Gasteiger partial charge in [-0.25, -0.2) is 0 Å². The fourth-order valence-corrected chi connectivity index (χ4v) is 0. The second-order valence-corrected chi connectivity index (χ2v) is 1.14. The molecule has 0 aromatic carbocycles. The van der Waals surface area contributed by atoms with Crippen molar-refractivity contribution >= 4 is 5.91 Å². The molecule has 52 valence electrons. The van der Waals surface area contributed by atoms with E-state index in [1.165, 1.54) is 0 Å². The molecule has 0 spiro atoms. The van der Waals surface area contributed by atoms with E-state index in [-0.39, 0.29) is 7.43 Å². The largest absolute Gasteiger partial charge is 0.366 e. The number of terminal acetylenes is 1. The third kappa shape index (κ3) is 20.1. The van der Waals surface area contributed by atoms with E-state index in [0.29, 0.717) is 5.57 Å². The van der Waals surface area contributed by atoms with Crippen molar-refractivity contribution in [2.24, 2.45) is 5.73 Å². The number of primary amides is 1. The van der Waals surface area contributed by atoms with E-state index in [1.807, 2.05) is 0 Å². The molecule has 0 aliphatic heterocycles. The van der Waals surface area contributed by atoms with E-state index in [4.69, 9.17) is 5.73 Å². The molecule has 0 bridgehead atoms. The molecule has 0 aliphatic rings. The number of hydrogen-bond acceptors (Lipinski definition) is 1. The maximum absolute atomic E-state index is 9.82. The monoisotopic (exact) mass is 127 g/mol. The van der Waals surface area contributed by atoms with Crippen molar-refractivity contribution < 1.29 is 4.79 Å². The predicted molar refractivity (Wildman–Crippen MR) is 40.6 cm³/mol. The Morgan fingerprint density at radius 3 is 1.67 bits per heavy atom. The van der Waals surface area contributed by atoms with E-state index in [0.717, 1.165) is 0 Å². The minimum atomic E-state index is -0.435. The van der Waals surface area contributed by atoms with Crippen molar-refractivity contribution in [2.75, 3.05) is 0 Å². The minimum Gasteiger partial charge on any atom is -0.366 e. The maximum atomic E-state index is 9.82. The van der Waals surface area contributed by atoms with Crippen LogP contribution >= 0.6 is 0 Å². The van der Waals surface area contributed by atoms with Gasteiger partial charge in [-0.1, -0.05) is 14.0 Å². The van der Waals surface area contributed by atoms with Crippen LogP contribution in [0.15, 0.2) is 12.2 Å². The topological polar surface area (TPSA) is 43.1 Å². The smallest absolute Gasteiger partial charge is 0.243 e. The molecule has 0 atom stereocenters. The lowest BCUT2D eigenvalue weighted by molar-refractivity contribution is -0.114. The molecule has 0 radical (unpaired) electrons. The van der Waals surface area contributed by atoms with Crippen molar-refractivity contribution in [3.05, 3.63) is 12.2 Å². The second-order valence-electron chi connectivity index (χ2n) is 1.14. The fourth-order valence-electron chi connectivity index (χ4n) is 0. The summed E-state index contributed by atoms with van der Waals surface area (Å²) in [5.41, 5.74) is 5.09. The highest BCUT2D eigenvalue weighted by molar-refractivity contribution is 5.90. The Kier molecular flexibility index (Phi) is 17.2. The van der Waals surface area contributed by atoms with E-state index in [9.17, 15) is 4.79 Å². The molecule has 0 aliphatic carbocycles. The summed E-state index contributed by atoms with van der Waals surface area (Å²) in [5.74, 6) is -0.435. The lowest BCUT2D eigenvalue weighted by Crippen LogP contribution is -2.10. The third-order valence-electron chi connectivity index (χ3n) is 0.421. The van der Waals surface area contributed by atoms with E-state index in [2.05, 4.69) is 19.4 Å². The van der Waals surface area contributed by atoms with Gasteiger partial charge in [-0.05, 0) is 6.92 Å². The van der Waals surface area contributed by atoms with Gasteiger partial charge in [-0.15, -0.1) is 12.8 Å². The lowest BCUT2D eigenvalue weighted by Gasteiger charge is -1.81. The van der Waals surface area contributed by atoms with Crippen LogP contribution in [-0.4, -0.2) is 5.91 Å². The number of amides is 1. The van der Waals surface area contributed by atoms with Crippen LogP contribution in [0.25, 0.3) is 0 Å². The Labute approximate surface area is 56.8 Å². The van der Waals surface area contributed by atoms with Gasteiger partial charge in [-0.2, -0.15) is 0 Å². The second kappa shape index (κ2) is 9.91. The molecule has 0 aromatic rings. The summed E-state index contributed by atoms with van der Waals surface area (Å²) >= 11 is 0. The number of carbonyl (C=O) groups excluding carboxylic acids is 1. The van der Waals surface area contributed by atoms with Crippen molar-refractivity contribution in [3.8, 4) is 12.8 Å². The molecule has 2 N–H and O–H groups in total. The molecule has 0 heterocycles. The van der Waals surface area contributed by atoms with Gasteiger partial charge in [0.05, 0.1) is 0 Å². The normalized spacial score (nSPS) is 5.22. The quantitative estimate of drug-likeness (QED) is 0.413. The molecule has 0 unspecified atom stereocenters. The summed E-state index contributed by atoms with van der Waals surface area (Å²) < 4.78 is 0. The maximum Gasteiger partial charge on any atom is 0.243 e. The minimum absolute atomic E-state index is 0. The van der Waals surface area contributed by atoms with Crippen LogP contribution < -0.4 is 5.73 Å². The van der Waals surface area contributed by atoms with Crippen LogP contribution in [-0.2, 0) is 4.79 Å². The Bertz CT molecular complexity index is 101. The van der Waals surface area contributed by atoms with Crippen molar-refractivity contribution in [1.82, 2.24) is 0 Å². The standard InChI is InChI=1S/C4H7NO.C2H2.CH4/c1-3(2)4(5)6;1-2;/h1H2,2H3,(H2,5,6);1-2H;1H4. The first kappa shape index (κ1) is 15.7. The van der Waals surface area contributed by atoms with Gasteiger partial charge in [-0.3, -0.25) is 4.79 Å². The molecule has 0 aromatic heterocycles. The summed E-state index contributed by atoms with van der Waals surface area (Å²) in [6.07, 6.45) is 8.00. The van der Waals surface area contributed by atoms with Crippen LogP contribution in [0.5, 0.6) is 0 Å².